The Kier molecular flexibility index (Phi) is 7.10. The maximum absolute atomic E-state index is 11.7. The van der Waals surface area contributed by atoms with Crippen LogP contribution in [-0.2, 0) is 5.88 Å². The Bertz CT molecular complexity index is 1370. The van der Waals surface area contributed by atoms with Crippen molar-refractivity contribution in [2.45, 2.75) is 12.8 Å². The number of carboxylic acids is 1. The standard InChI is InChI=1S/C26H17BrCl3NO2/c1-14-18(3-2-4-19(14)26(32)33)21-12-22(20-10-9-17(29)11-23(20)30)25(31-24(21)13-28)15-5-7-16(27)8-6-15/h2-12H,13H2,1H3,(H,32,33). The molecule has 1 aromatic heterocycles. The highest BCUT2D eigenvalue weighted by atomic mass is 79.9. The summed E-state index contributed by atoms with van der Waals surface area (Å²) in [4.78, 5) is 16.7. The normalized spacial score (nSPS) is 10.9. The molecular weight excluding hydrogens is 545 g/mol. The maximum Gasteiger partial charge on any atom is 0.335 e. The van der Waals surface area contributed by atoms with E-state index in [0.717, 1.165) is 38.0 Å². The van der Waals surface area contributed by atoms with Crippen molar-refractivity contribution >= 4 is 56.7 Å². The molecule has 0 aliphatic rings. The molecule has 4 aromatic rings. The number of nitrogens with zero attached hydrogens (tertiary/aromatic N) is 1. The van der Waals surface area contributed by atoms with E-state index in [9.17, 15) is 9.90 Å². The van der Waals surface area contributed by atoms with Crippen molar-refractivity contribution in [2.24, 2.45) is 0 Å². The van der Waals surface area contributed by atoms with Gasteiger partial charge in [-0.1, -0.05) is 69.5 Å². The van der Waals surface area contributed by atoms with E-state index >= 15 is 0 Å². The van der Waals surface area contributed by atoms with Crippen LogP contribution in [0, 0.1) is 6.92 Å². The zero-order valence-corrected chi connectivity index (χ0v) is 21.2. The summed E-state index contributed by atoms with van der Waals surface area (Å²) in [6.07, 6.45) is 0. The summed E-state index contributed by atoms with van der Waals surface area (Å²) in [6, 6.07) is 20.3. The van der Waals surface area contributed by atoms with E-state index in [1.54, 1.807) is 31.2 Å². The molecule has 1 heterocycles. The lowest BCUT2D eigenvalue weighted by molar-refractivity contribution is 0.0696. The van der Waals surface area contributed by atoms with Gasteiger partial charge >= 0.3 is 5.97 Å². The van der Waals surface area contributed by atoms with E-state index in [1.165, 1.54) is 0 Å². The molecule has 0 amide bonds. The molecule has 3 nitrogen and oxygen atoms in total. The van der Waals surface area contributed by atoms with Crippen LogP contribution in [0.2, 0.25) is 10.0 Å². The second-order valence-electron chi connectivity index (χ2n) is 7.43. The fraction of sp³-hybridized carbons (Fsp3) is 0.0769. The number of pyridine rings is 1. The van der Waals surface area contributed by atoms with Gasteiger partial charge in [0.2, 0.25) is 0 Å². The summed E-state index contributed by atoms with van der Waals surface area (Å²) in [5.41, 5.74) is 6.21. The number of hydrogen-bond donors (Lipinski definition) is 1. The molecule has 33 heavy (non-hydrogen) atoms. The third kappa shape index (κ3) is 4.80. The molecule has 166 valence electrons. The monoisotopic (exact) mass is 559 g/mol. The minimum Gasteiger partial charge on any atom is -0.478 e. The van der Waals surface area contributed by atoms with Crippen molar-refractivity contribution < 1.29 is 9.90 Å². The second-order valence-corrected chi connectivity index (χ2v) is 9.45. The predicted octanol–water partition coefficient (Wildman–Crippen LogP) is 8.90. The lowest BCUT2D eigenvalue weighted by Gasteiger charge is -2.18. The molecule has 0 spiro atoms. The first-order valence-electron chi connectivity index (χ1n) is 9.94. The summed E-state index contributed by atoms with van der Waals surface area (Å²) in [6.45, 7) is 1.79. The van der Waals surface area contributed by atoms with Gasteiger partial charge in [0.1, 0.15) is 0 Å². The third-order valence-corrected chi connectivity index (χ3v) is 6.75. The Morgan fingerprint density at radius 1 is 0.939 bits per heavy atom. The molecule has 0 saturated heterocycles. The topological polar surface area (TPSA) is 50.2 Å². The van der Waals surface area contributed by atoms with Gasteiger partial charge in [-0.15, -0.1) is 11.6 Å². The molecule has 0 aliphatic heterocycles. The SMILES string of the molecule is Cc1c(C(=O)O)cccc1-c1cc(-c2ccc(Cl)cc2Cl)c(-c2ccc(Br)cc2)nc1CCl. The van der Waals surface area contributed by atoms with Crippen LogP contribution in [0.1, 0.15) is 21.6 Å². The summed E-state index contributed by atoms with van der Waals surface area (Å²) in [7, 11) is 0. The number of carboxylic acid groups (broad SMARTS) is 1. The number of rotatable bonds is 5. The number of aromatic carboxylic acids is 1. The molecule has 0 unspecified atom stereocenters. The maximum atomic E-state index is 11.7. The highest BCUT2D eigenvalue weighted by Crippen LogP contribution is 2.41. The average Bonchev–Trinajstić information content (AvgIpc) is 2.79. The van der Waals surface area contributed by atoms with Gasteiger partial charge in [-0.2, -0.15) is 0 Å². The van der Waals surface area contributed by atoms with E-state index in [0.29, 0.717) is 21.3 Å². The first-order chi connectivity index (χ1) is 15.8. The highest BCUT2D eigenvalue weighted by Gasteiger charge is 2.20. The van der Waals surface area contributed by atoms with Crippen molar-refractivity contribution in [3.8, 4) is 33.5 Å². The van der Waals surface area contributed by atoms with Crippen LogP contribution in [-0.4, -0.2) is 16.1 Å². The van der Waals surface area contributed by atoms with Crippen molar-refractivity contribution in [1.29, 1.82) is 0 Å². The summed E-state index contributed by atoms with van der Waals surface area (Å²) >= 11 is 22.6. The molecule has 7 heteroatoms. The molecule has 0 aliphatic carbocycles. The zero-order chi connectivity index (χ0) is 23.7. The molecule has 0 radical (unpaired) electrons. The minimum atomic E-state index is -0.984. The summed E-state index contributed by atoms with van der Waals surface area (Å²) < 4.78 is 0.952. The van der Waals surface area contributed by atoms with Crippen molar-refractivity contribution in [1.82, 2.24) is 4.98 Å². The van der Waals surface area contributed by atoms with Crippen LogP contribution < -0.4 is 0 Å². The Morgan fingerprint density at radius 3 is 2.30 bits per heavy atom. The first kappa shape index (κ1) is 23.8. The van der Waals surface area contributed by atoms with Gasteiger partial charge in [0, 0.05) is 36.8 Å². The summed E-state index contributed by atoms with van der Waals surface area (Å²) in [5, 5.41) is 10.6. The zero-order valence-electron chi connectivity index (χ0n) is 17.4. The number of hydrogen-bond acceptors (Lipinski definition) is 2. The van der Waals surface area contributed by atoms with Gasteiger partial charge in [-0.25, -0.2) is 4.79 Å². The van der Waals surface area contributed by atoms with E-state index < -0.39 is 5.97 Å². The Morgan fingerprint density at radius 2 is 1.67 bits per heavy atom. The van der Waals surface area contributed by atoms with Crippen molar-refractivity contribution in [2.75, 3.05) is 0 Å². The molecule has 3 aromatic carbocycles. The smallest absolute Gasteiger partial charge is 0.335 e. The quantitative estimate of drug-likeness (QED) is 0.248. The van der Waals surface area contributed by atoms with Gasteiger partial charge in [-0.3, -0.25) is 4.98 Å². The molecule has 1 N–H and O–H groups in total. The van der Waals surface area contributed by atoms with Gasteiger partial charge in [0.15, 0.2) is 0 Å². The molecular formula is C26H17BrCl3NO2. The molecule has 0 bridgehead atoms. The van der Waals surface area contributed by atoms with Gasteiger partial charge in [0.05, 0.1) is 22.8 Å². The van der Waals surface area contributed by atoms with E-state index in [1.807, 2.05) is 42.5 Å². The predicted molar refractivity (Wildman–Crippen MR) is 140 cm³/mol. The number of aromatic nitrogens is 1. The van der Waals surface area contributed by atoms with Crippen molar-refractivity contribution in [3.05, 3.63) is 98.1 Å². The van der Waals surface area contributed by atoms with Crippen LogP contribution in [0.5, 0.6) is 0 Å². The minimum absolute atomic E-state index is 0.157. The second kappa shape index (κ2) is 9.86. The Hall–Kier alpha value is -2.37. The fourth-order valence-electron chi connectivity index (χ4n) is 3.79. The van der Waals surface area contributed by atoms with E-state index in [2.05, 4.69) is 15.9 Å². The Labute approximate surface area is 215 Å². The fourth-order valence-corrected chi connectivity index (χ4v) is 4.76. The highest BCUT2D eigenvalue weighted by molar-refractivity contribution is 9.10. The number of carbonyl (C=O) groups is 1. The van der Waals surface area contributed by atoms with E-state index in [-0.39, 0.29) is 11.4 Å². The van der Waals surface area contributed by atoms with Gasteiger partial charge in [0.25, 0.3) is 0 Å². The number of benzene rings is 3. The lowest BCUT2D eigenvalue weighted by atomic mass is 9.91. The van der Waals surface area contributed by atoms with Crippen LogP contribution in [0.3, 0.4) is 0 Å². The van der Waals surface area contributed by atoms with Crippen LogP contribution in [0.25, 0.3) is 33.5 Å². The molecule has 0 atom stereocenters. The third-order valence-electron chi connectivity index (χ3n) is 5.42. The van der Waals surface area contributed by atoms with Crippen molar-refractivity contribution in [3.63, 3.8) is 0 Å². The summed E-state index contributed by atoms with van der Waals surface area (Å²) in [5.74, 6) is -0.827. The first-order valence-corrected chi connectivity index (χ1v) is 12.0. The number of alkyl halides is 1. The van der Waals surface area contributed by atoms with Crippen LogP contribution in [0.15, 0.2) is 71.2 Å². The molecule has 4 rings (SSSR count). The van der Waals surface area contributed by atoms with Crippen LogP contribution >= 0.6 is 50.7 Å². The number of halogens is 4. The molecule has 0 fully saturated rings. The largest absolute Gasteiger partial charge is 0.478 e. The van der Waals surface area contributed by atoms with Crippen LogP contribution in [0.4, 0.5) is 0 Å². The van der Waals surface area contributed by atoms with Gasteiger partial charge < -0.3 is 5.11 Å². The molecule has 0 saturated carbocycles. The lowest BCUT2D eigenvalue weighted by Crippen LogP contribution is -2.03. The van der Waals surface area contributed by atoms with E-state index in [4.69, 9.17) is 39.8 Å². The average molecular weight is 562 g/mol. The Balaban J connectivity index is 2.06. The van der Waals surface area contributed by atoms with Gasteiger partial charge in [-0.05, 0) is 54.4 Å².